The highest BCUT2D eigenvalue weighted by molar-refractivity contribution is 7.09. The first kappa shape index (κ1) is 33.6. The van der Waals surface area contributed by atoms with Crippen molar-refractivity contribution in [1.82, 2.24) is 15.2 Å². The summed E-state index contributed by atoms with van der Waals surface area (Å²) in [5.41, 5.74) is 5.14. The molecule has 1 aromatic heterocycles. The molecular formula is C35H39Cl2N5O3S. The molecule has 0 aliphatic carbocycles. The largest absolute Gasteiger partial charge is 0.506 e. The molecule has 3 N–H and O–H groups in total. The minimum atomic E-state index is -0.234. The molecular weight excluding hydrogens is 641 g/mol. The molecule has 2 heterocycles. The number of thiazole rings is 1. The van der Waals surface area contributed by atoms with Crippen LogP contribution in [0, 0.1) is 6.92 Å². The highest BCUT2D eigenvalue weighted by atomic mass is 35.5. The molecule has 8 nitrogen and oxygen atoms in total. The highest BCUT2D eigenvalue weighted by Crippen LogP contribution is 2.35. The van der Waals surface area contributed by atoms with Crippen molar-refractivity contribution in [2.24, 2.45) is 0 Å². The maximum atomic E-state index is 13.8. The fourth-order valence-electron chi connectivity index (χ4n) is 5.64. The summed E-state index contributed by atoms with van der Waals surface area (Å²) in [7, 11) is 3.79. The van der Waals surface area contributed by atoms with E-state index in [1.807, 2.05) is 79.5 Å². The number of nitrogens with zero attached hydrogens (tertiary/aromatic N) is 3. The van der Waals surface area contributed by atoms with E-state index in [9.17, 15) is 14.7 Å². The average Bonchev–Trinajstić information content (AvgIpc) is 3.67. The van der Waals surface area contributed by atoms with Crippen LogP contribution in [0.2, 0.25) is 10.0 Å². The smallest absolute Gasteiger partial charge is 0.254 e. The number of anilines is 2. The van der Waals surface area contributed by atoms with Crippen LogP contribution in [-0.4, -0.2) is 53.5 Å². The number of phenolic OH excluding ortho intramolecular Hbond substituents is 1. The molecule has 1 saturated heterocycles. The first-order chi connectivity index (χ1) is 22.0. The number of carbonyl (C=O) groups is 2. The molecule has 0 spiro atoms. The molecule has 1 fully saturated rings. The molecule has 4 aromatic rings. The fourth-order valence-corrected chi connectivity index (χ4v) is 7.15. The number of carbonyl (C=O) groups excluding carboxylic acids is 2. The van der Waals surface area contributed by atoms with Gasteiger partial charge in [-0.15, -0.1) is 11.3 Å². The molecule has 0 bridgehead atoms. The summed E-state index contributed by atoms with van der Waals surface area (Å²) in [6.07, 6.45) is 3.13. The Hall–Kier alpha value is -3.79. The molecule has 5 rings (SSSR count). The molecule has 0 radical (unpaired) electrons. The third kappa shape index (κ3) is 8.32. The van der Waals surface area contributed by atoms with Gasteiger partial charge in [-0.25, -0.2) is 4.98 Å². The van der Waals surface area contributed by atoms with E-state index >= 15 is 0 Å². The predicted molar refractivity (Wildman–Crippen MR) is 188 cm³/mol. The van der Waals surface area contributed by atoms with Crippen LogP contribution in [0.5, 0.6) is 5.75 Å². The Labute approximate surface area is 284 Å². The topological polar surface area (TPSA) is 97.8 Å². The zero-order chi connectivity index (χ0) is 33.0. The number of phenols is 1. The minimum absolute atomic E-state index is 0.0437. The van der Waals surface area contributed by atoms with E-state index < -0.39 is 0 Å². The Kier molecular flexibility index (Phi) is 10.8. The maximum Gasteiger partial charge on any atom is 0.254 e. The van der Waals surface area contributed by atoms with E-state index in [0.29, 0.717) is 52.8 Å². The zero-order valence-electron chi connectivity index (χ0n) is 26.4. The summed E-state index contributed by atoms with van der Waals surface area (Å²) in [5.74, 6) is -0.178. The summed E-state index contributed by atoms with van der Waals surface area (Å²) < 4.78 is 0. The number of hydrogen-bond donors (Lipinski definition) is 3. The summed E-state index contributed by atoms with van der Waals surface area (Å²) in [6, 6.07) is 16.0. The first-order valence-corrected chi connectivity index (χ1v) is 17.0. The van der Waals surface area contributed by atoms with Gasteiger partial charge in [0.15, 0.2) is 0 Å². The van der Waals surface area contributed by atoms with Crippen LogP contribution >= 0.6 is 34.5 Å². The van der Waals surface area contributed by atoms with Crippen molar-refractivity contribution in [1.29, 1.82) is 0 Å². The van der Waals surface area contributed by atoms with Crippen LogP contribution in [0.15, 0.2) is 60.0 Å². The van der Waals surface area contributed by atoms with E-state index in [1.54, 1.807) is 29.5 Å². The lowest BCUT2D eigenvalue weighted by Gasteiger charge is -2.24. The third-order valence-electron chi connectivity index (χ3n) is 8.09. The normalized spacial score (nSPS) is 15.1. The predicted octanol–water partition coefficient (Wildman–Crippen LogP) is 7.87. The molecule has 2 amide bonds. The SMILES string of the molecule is Cc1csc([C@H]2CCCN2C(=O)c2cc(C(=O)N[C@@H](C)CCc3ccc(NCc4cc(Cl)cc(Cl)c4)c(O)c3)cc(N(C)C)c2)n1. The molecule has 2 atom stereocenters. The van der Waals surface area contributed by atoms with Crippen molar-refractivity contribution in [2.75, 3.05) is 30.9 Å². The van der Waals surface area contributed by atoms with Gasteiger partial charge in [-0.05, 0) is 99.2 Å². The fraction of sp³-hybridized carbons (Fsp3) is 0.343. The first-order valence-electron chi connectivity index (χ1n) is 15.3. The lowest BCUT2D eigenvalue weighted by atomic mass is 10.0. The monoisotopic (exact) mass is 679 g/mol. The molecule has 11 heteroatoms. The van der Waals surface area contributed by atoms with Crippen LogP contribution in [-0.2, 0) is 13.0 Å². The summed E-state index contributed by atoms with van der Waals surface area (Å²) in [6.45, 7) is 5.04. The molecule has 1 aliphatic heterocycles. The Balaban J connectivity index is 1.20. The van der Waals surface area contributed by atoms with Gasteiger partial charge in [0.1, 0.15) is 10.8 Å². The van der Waals surface area contributed by atoms with E-state index in [0.717, 1.165) is 40.4 Å². The van der Waals surface area contributed by atoms with Gasteiger partial charge in [-0.3, -0.25) is 9.59 Å². The Morgan fingerprint density at radius 3 is 2.48 bits per heavy atom. The Morgan fingerprint density at radius 1 is 1.07 bits per heavy atom. The quantitative estimate of drug-likeness (QED) is 0.140. The van der Waals surface area contributed by atoms with Gasteiger partial charge in [-0.1, -0.05) is 29.3 Å². The van der Waals surface area contributed by atoms with Crippen molar-refractivity contribution < 1.29 is 14.7 Å². The van der Waals surface area contributed by atoms with Gasteiger partial charge in [-0.2, -0.15) is 0 Å². The Morgan fingerprint density at radius 2 is 1.80 bits per heavy atom. The lowest BCUT2D eigenvalue weighted by Crippen LogP contribution is -2.34. The number of aryl methyl sites for hydroxylation is 2. The number of benzene rings is 3. The van der Waals surface area contributed by atoms with E-state index in [-0.39, 0.29) is 29.6 Å². The second-order valence-electron chi connectivity index (χ2n) is 12.0. The van der Waals surface area contributed by atoms with Crippen molar-refractivity contribution in [3.8, 4) is 5.75 Å². The molecule has 242 valence electrons. The van der Waals surface area contributed by atoms with E-state index in [1.165, 1.54) is 0 Å². The summed E-state index contributed by atoms with van der Waals surface area (Å²) >= 11 is 13.8. The molecule has 46 heavy (non-hydrogen) atoms. The minimum Gasteiger partial charge on any atom is -0.506 e. The number of nitrogens with one attached hydrogen (secondary N) is 2. The molecule has 3 aromatic carbocycles. The van der Waals surface area contributed by atoms with Crippen LogP contribution in [0.3, 0.4) is 0 Å². The van der Waals surface area contributed by atoms with Crippen LogP contribution in [0.1, 0.15) is 74.8 Å². The third-order valence-corrected chi connectivity index (χ3v) is 9.59. The van der Waals surface area contributed by atoms with Crippen molar-refractivity contribution >= 4 is 57.7 Å². The van der Waals surface area contributed by atoms with Gasteiger partial charge in [0.2, 0.25) is 0 Å². The number of amides is 2. The van der Waals surface area contributed by atoms with Crippen LogP contribution < -0.4 is 15.5 Å². The standard InChI is InChI=1S/C35H39Cl2N5O3S/c1-21(7-8-23-9-10-30(32(43)14-23)38-19-24-12-27(36)18-28(37)13-24)39-33(44)25-15-26(17-29(16-25)41(3)4)35(45)42-11-5-6-31(42)34-40-22(2)20-46-34/h9-10,12-18,20-21,31,38,43H,5-8,11,19H2,1-4H3,(H,39,44)/t21-,31+/m0/s1. The molecule has 1 aliphatic rings. The second-order valence-corrected chi connectivity index (χ2v) is 13.8. The second kappa shape index (κ2) is 14.8. The summed E-state index contributed by atoms with van der Waals surface area (Å²) in [5, 5.41) is 21.0. The Bertz CT molecular complexity index is 1710. The van der Waals surface area contributed by atoms with Crippen molar-refractivity contribution in [2.45, 2.75) is 58.2 Å². The number of rotatable bonds is 11. The number of hydrogen-bond acceptors (Lipinski definition) is 7. The summed E-state index contributed by atoms with van der Waals surface area (Å²) in [4.78, 5) is 35.6. The maximum absolute atomic E-state index is 13.8. The van der Waals surface area contributed by atoms with Gasteiger partial charge < -0.3 is 25.5 Å². The van der Waals surface area contributed by atoms with Crippen molar-refractivity contribution in [3.05, 3.63) is 103 Å². The van der Waals surface area contributed by atoms with Crippen LogP contribution in [0.4, 0.5) is 11.4 Å². The lowest BCUT2D eigenvalue weighted by molar-refractivity contribution is 0.0735. The highest BCUT2D eigenvalue weighted by Gasteiger charge is 2.33. The molecule has 0 saturated carbocycles. The number of aromatic nitrogens is 1. The van der Waals surface area contributed by atoms with Gasteiger partial charge in [0.05, 0.1) is 11.7 Å². The molecule has 0 unspecified atom stereocenters. The number of halogens is 2. The van der Waals surface area contributed by atoms with Crippen molar-refractivity contribution in [3.63, 3.8) is 0 Å². The van der Waals surface area contributed by atoms with Gasteiger partial charge >= 0.3 is 0 Å². The van der Waals surface area contributed by atoms with Gasteiger partial charge in [0.25, 0.3) is 11.8 Å². The van der Waals surface area contributed by atoms with E-state index in [4.69, 9.17) is 23.2 Å². The number of likely N-dealkylation sites (tertiary alicyclic amines) is 1. The number of aromatic hydroxyl groups is 1. The zero-order valence-corrected chi connectivity index (χ0v) is 28.8. The average molecular weight is 681 g/mol. The van der Waals surface area contributed by atoms with Crippen LogP contribution in [0.25, 0.3) is 0 Å². The van der Waals surface area contributed by atoms with Gasteiger partial charge in [0, 0.05) is 71.2 Å². The van der Waals surface area contributed by atoms with E-state index in [2.05, 4.69) is 15.6 Å².